The highest BCUT2D eigenvalue weighted by atomic mass is 32.1. The number of carbonyl (C=O) groups excluding carboxylic acids is 1. The van der Waals surface area contributed by atoms with Gasteiger partial charge < -0.3 is 10.4 Å². The minimum atomic E-state index is -0.122. The number of benzene rings is 1. The highest BCUT2D eigenvalue weighted by Crippen LogP contribution is 2.15. The maximum Gasteiger partial charge on any atom is 0.251 e. The Hall–Kier alpha value is -1.88. The number of amides is 1. The smallest absolute Gasteiger partial charge is 0.251 e. The average Bonchev–Trinajstić information content (AvgIpc) is 2.81. The van der Waals surface area contributed by atoms with Crippen LogP contribution in [0, 0.1) is 6.92 Å². The third kappa shape index (κ3) is 3.07. The maximum absolute atomic E-state index is 11.9. The molecule has 1 heterocycles. The molecule has 0 fully saturated rings. The maximum atomic E-state index is 11.9. The van der Waals surface area contributed by atoms with Crippen molar-refractivity contribution in [3.63, 3.8) is 0 Å². The van der Waals surface area contributed by atoms with Gasteiger partial charge in [-0.05, 0) is 30.7 Å². The SMILES string of the molecule is Cc1cc(O)ccc1C(=O)NCCc1cscn1. The molecule has 1 amide bonds. The first-order valence-electron chi connectivity index (χ1n) is 5.61. The zero-order valence-electron chi connectivity index (χ0n) is 10.0. The van der Waals surface area contributed by atoms with Gasteiger partial charge in [-0.15, -0.1) is 11.3 Å². The highest BCUT2D eigenvalue weighted by Gasteiger charge is 2.08. The van der Waals surface area contributed by atoms with E-state index in [9.17, 15) is 9.90 Å². The number of thiazole rings is 1. The first-order valence-corrected chi connectivity index (χ1v) is 6.56. The van der Waals surface area contributed by atoms with Crippen LogP contribution in [0.15, 0.2) is 29.1 Å². The Balaban J connectivity index is 1.91. The lowest BCUT2D eigenvalue weighted by Crippen LogP contribution is -2.26. The van der Waals surface area contributed by atoms with Crippen LogP contribution in [-0.4, -0.2) is 22.5 Å². The van der Waals surface area contributed by atoms with E-state index in [0.29, 0.717) is 12.1 Å². The quantitative estimate of drug-likeness (QED) is 0.887. The summed E-state index contributed by atoms with van der Waals surface area (Å²) >= 11 is 1.55. The molecule has 0 radical (unpaired) electrons. The van der Waals surface area contributed by atoms with E-state index in [-0.39, 0.29) is 11.7 Å². The summed E-state index contributed by atoms with van der Waals surface area (Å²) in [4.78, 5) is 16.0. The van der Waals surface area contributed by atoms with Crippen LogP contribution in [-0.2, 0) is 6.42 Å². The predicted octanol–water partition coefficient (Wildman–Crippen LogP) is 2.13. The van der Waals surface area contributed by atoms with Crippen molar-refractivity contribution >= 4 is 17.2 Å². The number of rotatable bonds is 4. The van der Waals surface area contributed by atoms with Gasteiger partial charge in [0.25, 0.3) is 5.91 Å². The Morgan fingerprint density at radius 1 is 1.50 bits per heavy atom. The van der Waals surface area contributed by atoms with Gasteiger partial charge in [0, 0.05) is 23.9 Å². The van der Waals surface area contributed by atoms with E-state index < -0.39 is 0 Å². The second-order valence-corrected chi connectivity index (χ2v) is 4.70. The lowest BCUT2D eigenvalue weighted by atomic mass is 10.1. The topological polar surface area (TPSA) is 62.2 Å². The van der Waals surface area contributed by atoms with Crippen LogP contribution in [0.3, 0.4) is 0 Å². The van der Waals surface area contributed by atoms with Gasteiger partial charge in [-0.1, -0.05) is 0 Å². The molecule has 18 heavy (non-hydrogen) atoms. The second kappa shape index (κ2) is 5.64. The van der Waals surface area contributed by atoms with Crippen molar-refractivity contribution in [2.45, 2.75) is 13.3 Å². The summed E-state index contributed by atoms with van der Waals surface area (Å²) in [6.07, 6.45) is 0.729. The zero-order valence-corrected chi connectivity index (χ0v) is 10.8. The Labute approximate surface area is 109 Å². The van der Waals surface area contributed by atoms with E-state index in [1.807, 2.05) is 5.38 Å². The molecule has 0 bridgehead atoms. The van der Waals surface area contributed by atoms with E-state index >= 15 is 0 Å². The summed E-state index contributed by atoms with van der Waals surface area (Å²) in [6.45, 7) is 2.36. The summed E-state index contributed by atoms with van der Waals surface area (Å²) in [5, 5.41) is 14.1. The molecule has 5 heteroatoms. The summed E-state index contributed by atoms with van der Waals surface area (Å²) in [5.74, 6) is 0.0502. The van der Waals surface area contributed by atoms with Crippen LogP contribution in [0.2, 0.25) is 0 Å². The first kappa shape index (κ1) is 12.6. The van der Waals surface area contributed by atoms with Crippen LogP contribution >= 0.6 is 11.3 Å². The van der Waals surface area contributed by atoms with Crippen molar-refractivity contribution in [2.75, 3.05) is 6.54 Å². The lowest BCUT2D eigenvalue weighted by Gasteiger charge is -2.07. The number of nitrogens with one attached hydrogen (secondary N) is 1. The van der Waals surface area contributed by atoms with Crippen molar-refractivity contribution in [1.82, 2.24) is 10.3 Å². The van der Waals surface area contributed by atoms with Gasteiger partial charge in [0.2, 0.25) is 0 Å². The Morgan fingerprint density at radius 2 is 2.33 bits per heavy atom. The molecule has 0 aliphatic heterocycles. The fraction of sp³-hybridized carbons (Fsp3) is 0.231. The van der Waals surface area contributed by atoms with Crippen molar-refractivity contribution in [3.8, 4) is 5.75 Å². The van der Waals surface area contributed by atoms with Crippen molar-refractivity contribution in [3.05, 3.63) is 45.9 Å². The molecule has 0 saturated heterocycles. The van der Waals surface area contributed by atoms with E-state index in [4.69, 9.17) is 0 Å². The molecule has 94 valence electrons. The Kier molecular flexibility index (Phi) is 3.94. The minimum absolute atomic E-state index is 0.122. The van der Waals surface area contributed by atoms with E-state index in [0.717, 1.165) is 17.7 Å². The molecule has 2 aromatic rings. The number of aromatic nitrogens is 1. The lowest BCUT2D eigenvalue weighted by molar-refractivity contribution is 0.0953. The van der Waals surface area contributed by atoms with Crippen LogP contribution in [0.4, 0.5) is 0 Å². The normalized spacial score (nSPS) is 10.3. The Morgan fingerprint density at radius 3 is 3.00 bits per heavy atom. The Bertz CT molecular complexity index is 538. The number of aromatic hydroxyl groups is 1. The number of phenols is 1. The number of nitrogens with zero attached hydrogens (tertiary/aromatic N) is 1. The molecule has 0 aliphatic rings. The monoisotopic (exact) mass is 262 g/mol. The van der Waals surface area contributed by atoms with Gasteiger partial charge in [0.05, 0.1) is 11.2 Å². The molecule has 0 spiro atoms. The summed E-state index contributed by atoms with van der Waals surface area (Å²) < 4.78 is 0. The number of aryl methyl sites for hydroxylation is 1. The summed E-state index contributed by atoms with van der Waals surface area (Å²) in [7, 11) is 0. The third-order valence-electron chi connectivity index (χ3n) is 2.60. The number of hydrogen-bond donors (Lipinski definition) is 2. The first-order chi connectivity index (χ1) is 8.66. The fourth-order valence-electron chi connectivity index (χ4n) is 1.66. The van der Waals surface area contributed by atoms with E-state index in [2.05, 4.69) is 10.3 Å². The zero-order chi connectivity index (χ0) is 13.0. The molecule has 0 saturated carbocycles. The molecule has 1 aromatic carbocycles. The van der Waals surface area contributed by atoms with Crippen LogP contribution in [0.25, 0.3) is 0 Å². The second-order valence-electron chi connectivity index (χ2n) is 3.98. The van der Waals surface area contributed by atoms with Gasteiger partial charge in [-0.3, -0.25) is 4.79 Å². The largest absolute Gasteiger partial charge is 0.508 e. The standard InChI is InChI=1S/C13H14N2O2S/c1-9-6-11(16)2-3-12(9)13(17)14-5-4-10-7-18-8-15-10/h2-3,6-8,16H,4-5H2,1H3,(H,14,17). The van der Waals surface area contributed by atoms with Gasteiger partial charge in [-0.2, -0.15) is 0 Å². The number of carbonyl (C=O) groups is 1. The van der Waals surface area contributed by atoms with Gasteiger partial charge in [0.15, 0.2) is 0 Å². The predicted molar refractivity (Wildman–Crippen MR) is 71.0 cm³/mol. The molecule has 2 rings (SSSR count). The molecular formula is C13H14N2O2S. The van der Waals surface area contributed by atoms with Gasteiger partial charge in [0.1, 0.15) is 5.75 Å². The summed E-state index contributed by atoms with van der Waals surface area (Å²) in [5.41, 5.74) is 4.12. The number of phenolic OH excluding ortho intramolecular Hbond substituents is 1. The van der Waals surface area contributed by atoms with Crippen LogP contribution < -0.4 is 5.32 Å². The number of hydrogen-bond acceptors (Lipinski definition) is 4. The minimum Gasteiger partial charge on any atom is -0.508 e. The van der Waals surface area contributed by atoms with Crippen LogP contribution in [0.1, 0.15) is 21.6 Å². The van der Waals surface area contributed by atoms with Crippen molar-refractivity contribution in [1.29, 1.82) is 0 Å². The van der Waals surface area contributed by atoms with Crippen LogP contribution in [0.5, 0.6) is 5.75 Å². The molecule has 0 aliphatic carbocycles. The molecule has 0 atom stereocenters. The van der Waals surface area contributed by atoms with E-state index in [1.54, 1.807) is 35.9 Å². The highest BCUT2D eigenvalue weighted by molar-refractivity contribution is 7.07. The van der Waals surface area contributed by atoms with Crippen molar-refractivity contribution < 1.29 is 9.90 Å². The third-order valence-corrected chi connectivity index (χ3v) is 3.24. The van der Waals surface area contributed by atoms with Crippen molar-refractivity contribution in [2.24, 2.45) is 0 Å². The molecule has 1 aromatic heterocycles. The van der Waals surface area contributed by atoms with E-state index in [1.165, 1.54) is 6.07 Å². The summed E-state index contributed by atoms with van der Waals surface area (Å²) in [6, 6.07) is 4.72. The molecule has 0 unspecified atom stereocenters. The van der Waals surface area contributed by atoms with Gasteiger partial charge >= 0.3 is 0 Å². The molecule has 4 nitrogen and oxygen atoms in total. The molecule has 2 N–H and O–H groups in total. The van der Waals surface area contributed by atoms with Gasteiger partial charge in [-0.25, -0.2) is 4.98 Å². The molecular weight excluding hydrogens is 248 g/mol. The fourth-order valence-corrected chi connectivity index (χ4v) is 2.26. The average molecular weight is 262 g/mol.